The van der Waals surface area contributed by atoms with Crippen LogP contribution in [-0.4, -0.2) is 50.2 Å². The number of hydrogen-bond donors (Lipinski definition) is 2. The van der Waals surface area contributed by atoms with Gasteiger partial charge < -0.3 is 15.6 Å². The van der Waals surface area contributed by atoms with Crippen molar-refractivity contribution < 1.29 is 18.3 Å². The Morgan fingerprint density at radius 3 is 2.90 bits per heavy atom. The van der Waals surface area contributed by atoms with Crippen molar-refractivity contribution in [3.63, 3.8) is 0 Å². The smallest absolute Gasteiger partial charge is 0.243 e. The lowest BCUT2D eigenvalue weighted by Gasteiger charge is -2.31. The molecule has 3 N–H and O–H groups in total. The van der Waals surface area contributed by atoms with E-state index in [0.717, 1.165) is 0 Å². The van der Waals surface area contributed by atoms with Crippen molar-refractivity contribution in [2.24, 2.45) is 0 Å². The molecule has 1 aromatic rings. The first kappa shape index (κ1) is 15.5. The number of morpholine rings is 1. The van der Waals surface area contributed by atoms with Gasteiger partial charge in [-0.05, 0) is 24.6 Å². The molecule has 6 nitrogen and oxygen atoms in total. The number of nitrogen functional groups attached to an aromatic ring is 1. The van der Waals surface area contributed by atoms with Gasteiger partial charge in [0, 0.05) is 23.8 Å². The number of hydrogen-bond acceptors (Lipinski definition) is 5. The Kier molecular flexibility index (Phi) is 4.55. The number of rotatable bonds is 3. The second-order valence-electron chi connectivity index (χ2n) is 4.66. The van der Waals surface area contributed by atoms with E-state index in [1.165, 1.54) is 16.4 Å². The lowest BCUT2D eigenvalue weighted by molar-refractivity contribution is -0.0304. The van der Waals surface area contributed by atoms with Crippen LogP contribution in [0.3, 0.4) is 0 Å². The van der Waals surface area contributed by atoms with Crippen molar-refractivity contribution in [2.45, 2.75) is 17.9 Å². The zero-order chi connectivity index (χ0) is 14.9. The van der Waals surface area contributed by atoms with Crippen LogP contribution in [0, 0.1) is 6.92 Å². The predicted molar refractivity (Wildman–Crippen MR) is 76.2 cm³/mol. The van der Waals surface area contributed by atoms with Crippen molar-refractivity contribution in [1.82, 2.24) is 4.31 Å². The number of ether oxygens (including phenoxy) is 1. The first-order valence-corrected chi connectivity index (χ1v) is 7.96. The van der Waals surface area contributed by atoms with Gasteiger partial charge in [0.15, 0.2) is 0 Å². The molecule has 0 aromatic heterocycles. The van der Waals surface area contributed by atoms with Gasteiger partial charge in [-0.2, -0.15) is 4.31 Å². The number of nitrogens with zero attached hydrogens (tertiary/aromatic N) is 1. The zero-order valence-electron chi connectivity index (χ0n) is 11.0. The topological polar surface area (TPSA) is 92.9 Å². The number of sulfonamides is 1. The molecule has 1 heterocycles. The number of nitrogens with two attached hydrogens (primary N) is 1. The number of anilines is 1. The molecule has 0 aliphatic carbocycles. The molecule has 1 aliphatic heterocycles. The second-order valence-corrected chi connectivity index (χ2v) is 7.00. The Balaban J connectivity index is 2.40. The first-order chi connectivity index (χ1) is 9.36. The largest absolute Gasteiger partial charge is 0.398 e. The molecule has 8 heteroatoms. The summed E-state index contributed by atoms with van der Waals surface area (Å²) in [6, 6.07) is 2.91. The summed E-state index contributed by atoms with van der Waals surface area (Å²) in [5.41, 5.74) is 6.58. The van der Waals surface area contributed by atoms with E-state index >= 15 is 0 Å². The van der Waals surface area contributed by atoms with Crippen LogP contribution in [0.25, 0.3) is 0 Å². The summed E-state index contributed by atoms with van der Waals surface area (Å²) in [5.74, 6) is 0. The molecule has 1 aromatic carbocycles. The molecule has 2 rings (SSSR count). The van der Waals surface area contributed by atoms with Gasteiger partial charge in [-0.15, -0.1) is 0 Å². The average molecular weight is 321 g/mol. The van der Waals surface area contributed by atoms with E-state index in [-0.39, 0.29) is 36.2 Å². The van der Waals surface area contributed by atoms with Crippen molar-refractivity contribution >= 4 is 27.3 Å². The highest BCUT2D eigenvalue weighted by Crippen LogP contribution is 2.29. The number of halogens is 1. The summed E-state index contributed by atoms with van der Waals surface area (Å²) < 4.78 is 31.8. The highest BCUT2D eigenvalue weighted by atomic mass is 35.5. The van der Waals surface area contributed by atoms with Crippen LogP contribution in [0.5, 0.6) is 0 Å². The van der Waals surface area contributed by atoms with Crippen molar-refractivity contribution in [2.75, 3.05) is 32.0 Å². The quantitative estimate of drug-likeness (QED) is 0.796. The molecule has 20 heavy (non-hydrogen) atoms. The van der Waals surface area contributed by atoms with Crippen molar-refractivity contribution in [1.29, 1.82) is 0 Å². The van der Waals surface area contributed by atoms with E-state index < -0.39 is 16.1 Å². The van der Waals surface area contributed by atoms with Gasteiger partial charge in [-0.3, -0.25) is 0 Å². The number of aliphatic hydroxyl groups is 1. The first-order valence-electron chi connectivity index (χ1n) is 6.14. The van der Waals surface area contributed by atoms with Crippen LogP contribution in [0.4, 0.5) is 5.69 Å². The van der Waals surface area contributed by atoms with Gasteiger partial charge in [-0.1, -0.05) is 11.6 Å². The maximum absolute atomic E-state index is 12.6. The van der Waals surface area contributed by atoms with E-state index in [1.807, 2.05) is 0 Å². The third-order valence-electron chi connectivity index (χ3n) is 3.29. The van der Waals surface area contributed by atoms with Crippen LogP contribution < -0.4 is 5.73 Å². The molecule has 0 radical (unpaired) electrons. The fraction of sp³-hybridized carbons (Fsp3) is 0.500. The van der Waals surface area contributed by atoms with Gasteiger partial charge in [0.1, 0.15) is 0 Å². The molecule has 1 unspecified atom stereocenters. The monoisotopic (exact) mass is 320 g/mol. The fourth-order valence-electron chi connectivity index (χ4n) is 2.10. The van der Waals surface area contributed by atoms with E-state index in [2.05, 4.69) is 0 Å². The fourth-order valence-corrected chi connectivity index (χ4v) is 4.13. The molecule has 1 atom stereocenters. The van der Waals surface area contributed by atoms with Gasteiger partial charge >= 0.3 is 0 Å². The zero-order valence-corrected chi connectivity index (χ0v) is 12.6. The SMILES string of the molecule is Cc1c(N)cc(Cl)cc1S(=O)(=O)N1CCOC(CO)C1. The Morgan fingerprint density at radius 2 is 2.25 bits per heavy atom. The molecule has 1 fully saturated rings. The third-order valence-corrected chi connectivity index (χ3v) is 5.50. The minimum atomic E-state index is -3.70. The highest BCUT2D eigenvalue weighted by molar-refractivity contribution is 7.89. The third kappa shape index (κ3) is 2.91. The summed E-state index contributed by atoms with van der Waals surface area (Å²) >= 11 is 5.90. The van der Waals surface area contributed by atoms with Gasteiger partial charge in [0.25, 0.3) is 0 Å². The van der Waals surface area contributed by atoms with Crippen molar-refractivity contribution in [3.8, 4) is 0 Å². The molecule has 0 spiro atoms. The van der Waals surface area contributed by atoms with E-state index in [9.17, 15) is 8.42 Å². The summed E-state index contributed by atoms with van der Waals surface area (Å²) in [6.07, 6.45) is -0.504. The maximum Gasteiger partial charge on any atom is 0.243 e. The van der Waals surface area contributed by atoms with Crippen LogP contribution in [0.15, 0.2) is 17.0 Å². The summed E-state index contributed by atoms with van der Waals surface area (Å²) in [7, 11) is -3.70. The van der Waals surface area contributed by atoms with Gasteiger partial charge in [0.05, 0.1) is 24.2 Å². The standard InChI is InChI=1S/C12H17ClN2O4S/c1-8-11(14)4-9(13)5-12(8)20(17,18)15-2-3-19-10(6-15)7-16/h4-5,10,16H,2-3,6-7,14H2,1H3. The lowest BCUT2D eigenvalue weighted by atomic mass is 10.2. The van der Waals surface area contributed by atoms with E-state index in [4.69, 9.17) is 27.2 Å². The van der Waals surface area contributed by atoms with Crippen LogP contribution >= 0.6 is 11.6 Å². The minimum Gasteiger partial charge on any atom is -0.398 e. The Hall–Kier alpha value is -0.860. The summed E-state index contributed by atoms with van der Waals surface area (Å²) in [5, 5.41) is 9.38. The second kappa shape index (κ2) is 5.87. The van der Waals surface area contributed by atoms with E-state index in [0.29, 0.717) is 11.3 Å². The Morgan fingerprint density at radius 1 is 1.55 bits per heavy atom. The average Bonchev–Trinajstić information content (AvgIpc) is 2.42. The Bertz CT molecular complexity index is 606. The molecule has 112 valence electrons. The maximum atomic E-state index is 12.6. The van der Waals surface area contributed by atoms with E-state index in [1.54, 1.807) is 6.92 Å². The van der Waals surface area contributed by atoms with Crippen LogP contribution in [0.2, 0.25) is 5.02 Å². The predicted octanol–water partition coefficient (Wildman–Crippen LogP) is 0.612. The molecular formula is C12H17ClN2O4S. The Labute approximate surface area is 123 Å². The molecule has 1 aliphatic rings. The molecule has 0 saturated carbocycles. The summed E-state index contributed by atoms with van der Waals surface area (Å²) in [6.45, 7) is 2.03. The molecule has 1 saturated heterocycles. The van der Waals surface area contributed by atoms with Crippen molar-refractivity contribution in [3.05, 3.63) is 22.7 Å². The van der Waals surface area contributed by atoms with Gasteiger partial charge in [0.2, 0.25) is 10.0 Å². The minimum absolute atomic E-state index is 0.0982. The number of aliphatic hydroxyl groups excluding tert-OH is 1. The molecular weight excluding hydrogens is 304 g/mol. The van der Waals surface area contributed by atoms with Gasteiger partial charge in [-0.25, -0.2) is 8.42 Å². The highest BCUT2D eigenvalue weighted by Gasteiger charge is 2.32. The van der Waals surface area contributed by atoms with Crippen LogP contribution in [0.1, 0.15) is 5.56 Å². The molecule has 0 bridgehead atoms. The number of benzene rings is 1. The normalized spacial score (nSPS) is 21.1. The summed E-state index contributed by atoms with van der Waals surface area (Å²) in [4.78, 5) is 0.0982. The van der Waals surface area contributed by atoms with Crippen LogP contribution in [-0.2, 0) is 14.8 Å². The molecule has 0 amide bonds. The lowest BCUT2D eigenvalue weighted by Crippen LogP contribution is -2.46.